The first-order chi connectivity index (χ1) is 4.97. The maximum absolute atomic E-state index is 5.10. The van der Waals surface area contributed by atoms with Crippen molar-refractivity contribution < 1.29 is 4.74 Å². The Hall–Kier alpha value is -1.45. The molecule has 1 aliphatic rings. The Bertz CT molecular complexity index is 271. The Kier molecular flexibility index (Phi) is 1.10. The third kappa shape index (κ3) is 0.737. The van der Waals surface area contributed by atoms with Crippen LogP contribution in [0, 0.1) is 0 Å². The second-order valence-corrected chi connectivity index (χ2v) is 1.86. The first-order valence-electron chi connectivity index (χ1n) is 2.89. The number of nitrogens with zero attached hydrogens (tertiary/aromatic N) is 3. The molecule has 4 nitrogen and oxygen atoms in total. The van der Waals surface area contributed by atoms with E-state index >= 15 is 0 Å². The van der Waals surface area contributed by atoms with Crippen LogP contribution in [0.2, 0.25) is 0 Å². The van der Waals surface area contributed by atoms with E-state index in [4.69, 9.17) is 4.74 Å². The van der Waals surface area contributed by atoms with Crippen LogP contribution < -0.4 is 4.74 Å². The Balaban J connectivity index is 2.54. The van der Waals surface area contributed by atoms with Gasteiger partial charge < -0.3 is 4.74 Å². The predicted molar refractivity (Wildman–Crippen MR) is 35.1 cm³/mol. The van der Waals surface area contributed by atoms with Crippen molar-refractivity contribution in [1.82, 2.24) is 9.97 Å². The average Bonchev–Trinajstić information content (AvgIpc) is 2.05. The molecule has 0 aromatic carbocycles. The number of fused-ring (bicyclic) bond motifs is 1. The molecule has 0 aliphatic carbocycles. The summed E-state index contributed by atoms with van der Waals surface area (Å²) in [5, 5.41) is 0. The van der Waals surface area contributed by atoms with Crippen LogP contribution in [-0.4, -0.2) is 22.9 Å². The summed E-state index contributed by atoms with van der Waals surface area (Å²) >= 11 is 0. The third-order valence-corrected chi connectivity index (χ3v) is 1.22. The van der Waals surface area contributed by atoms with Gasteiger partial charge in [-0.3, -0.25) is 4.99 Å². The van der Waals surface area contributed by atoms with Crippen molar-refractivity contribution in [2.24, 2.45) is 4.99 Å². The molecule has 0 radical (unpaired) electrons. The van der Waals surface area contributed by atoms with E-state index < -0.39 is 0 Å². The zero-order chi connectivity index (χ0) is 6.81. The molecule has 0 spiro atoms. The fraction of sp³-hybridized carbons (Fsp3) is 0.167. The molecule has 0 saturated carbocycles. The quantitative estimate of drug-likeness (QED) is 0.512. The summed E-state index contributed by atoms with van der Waals surface area (Å²) in [7, 11) is 0. The average molecular weight is 135 g/mol. The molecule has 0 saturated heterocycles. The standard InChI is InChI=1S/C6H5N3O/c1-5-6(10-4-8-1)2-7-3-9-5/h1-3H,4H2. The molecule has 50 valence electrons. The number of ether oxygens (including phenoxy) is 1. The van der Waals surface area contributed by atoms with Gasteiger partial charge in [-0.15, -0.1) is 0 Å². The van der Waals surface area contributed by atoms with Gasteiger partial charge in [-0.05, 0) is 0 Å². The highest BCUT2D eigenvalue weighted by molar-refractivity contribution is 5.81. The smallest absolute Gasteiger partial charge is 0.179 e. The molecule has 0 unspecified atom stereocenters. The van der Waals surface area contributed by atoms with Crippen LogP contribution in [0.1, 0.15) is 5.69 Å². The molecule has 0 atom stereocenters. The van der Waals surface area contributed by atoms with Crippen molar-refractivity contribution in [3.63, 3.8) is 0 Å². The topological polar surface area (TPSA) is 47.4 Å². The van der Waals surface area contributed by atoms with Crippen molar-refractivity contribution >= 4 is 6.21 Å². The lowest BCUT2D eigenvalue weighted by Gasteiger charge is -2.07. The molecule has 10 heavy (non-hydrogen) atoms. The van der Waals surface area contributed by atoms with Gasteiger partial charge in [0.2, 0.25) is 0 Å². The summed E-state index contributed by atoms with van der Waals surface area (Å²) in [6, 6.07) is 0. The second-order valence-electron chi connectivity index (χ2n) is 1.86. The summed E-state index contributed by atoms with van der Waals surface area (Å²) in [4.78, 5) is 11.6. The van der Waals surface area contributed by atoms with E-state index in [1.165, 1.54) is 6.33 Å². The lowest BCUT2D eigenvalue weighted by Crippen LogP contribution is -2.05. The molecule has 0 N–H and O–H groups in total. The minimum Gasteiger partial charge on any atom is -0.467 e. The van der Waals surface area contributed by atoms with Crippen LogP contribution in [0.4, 0.5) is 0 Å². The third-order valence-electron chi connectivity index (χ3n) is 1.22. The van der Waals surface area contributed by atoms with Crippen molar-refractivity contribution in [3.05, 3.63) is 18.2 Å². The van der Waals surface area contributed by atoms with Crippen molar-refractivity contribution in [1.29, 1.82) is 0 Å². The van der Waals surface area contributed by atoms with Gasteiger partial charge in [-0.1, -0.05) is 0 Å². The SMILES string of the molecule is C1=NCOc2cncnc21. The molecule has 0 bridgehead atoms. The second kappa shape index (κ2) is 2.06. The molecule has 0 amide bonds. The van der Waals surface area contributed by atoms with Gasteiger partial charge in [0.15, 0.2) is 12.5 Å². The van der Waals surface area contributed by atoms with Crippen LogP contribution in [0.3, 0.4) is 0 Å². The molecule has 2 rings (SSSR count). The zero-order valence-corrected chi connectivity index (χ0v) is 5.19. The van der Waals surface area contributed by atoms with E-state index in [0.717, 1.165) is 5.69 Å². The molecular weight excluding hydrogens is 130 g/mol. The van der Waals surface area contributed by atoms with Gasteiger partial charge in [-0.2, -0.15) is 0 Å². The van der Waals surface area contributed by atoms with Gasteiger partial charge in [0.25, 0.3) is 0 Å². The number of aromatic nitrogens is 2. The highest BCUT2D eigenvalue weighted by Gasteiger charge is 2.04. The van der Waals surface area contributed by atoms with Gasteiger partial charge >= 0.3 is 0 Å². The Morgan fingerprint density at radius 1 is 1.50 bits per heavy atom. The molecule has 2 heterocycles. The fourth-order valence-electron chi connectivity index (χ4n) is 0.765. The molecule has 1 aromatic rings. The molecule has 1 aromatic heterocycles. The summed E-state index contributed by atoms with van der Waals surface area (Å²) in [6.45, 7) is 0.375. The van der Waals surface area contributed by atoms with Crippen LogP contribution in [0.25, 0.3) is 0 Å². The normalized spacial score (nSPS) is 14.0. The number of aliphatic imine (C=N–C) groups is 1. The van der Waals surface area contributed by atoms with Crippen molar-refractivity contribution in [2.75, 3.05) is 6.73 Å². The maximum Gasteiger partial charge on any atom is 0.179 e. The van der Waals surface area contributed by atoms with E-state index in [2.05, 4.69) is 15.0 Å². The van der Waals surface area contributed by atoms with Crippen LogP contribution in [-0.2, 0) is 0 Å². The summed E-state index contributed by atoms with van der Waals surface area (Å²) < 4.78 is 5.10. The Labute approximate surface area is 57.6 Å². The van der Waals surface area contributed by atoms with Crippen molar-refractivity contribution in [2.45, 2.75) is 0 Å². The van der Waals surface area contributed by atoms with E-state index in [-0.39, 0.29) is 0 Å². The molecule has 0 fully saturated rings. The lowest BCUT2D eigenvalue weighted by molar-refractivity contribution is 0.323. The predicted octanol–water partition coefficient (Wildman–Crippen LogP) is 0.245. The highest BCUT2D eigenvalue weighted by atomic mass is 16.5. The van der Waals surface area contributed by atoms with E-state index in [9.17, 15) is 0 Å². The minimum absolute atomic E-state index is 0.375. The van der Waals surface area contributed by atoms with Crippen molar-refractivity contribution in [3.8, 4) is 5.75 Å². The lowest BCUT2D eigenvalue weighted by atomic mass is 10.4. The van der Waals surface area contributed by atoms with E-state index in [1.54, 1.807) is 12.4 Å². The number of rotatable bonds is 0. The summed E-state index contributed by atoms with van der Waals surface area (Å²) in [5.74, 6) is 0.706. The summed E-state index contributed by atoms with van der Waals surface area (Å²) in [6.07, 6.45) is 4.79. The molecule has 4 heteroatoms. The Morgan fingerprint density at radius 2 is 2.50 bits per heavy atom. The number of hydrogen-bond donors (Lipinski definition) is 0. The number of hydrogen-bond acceptors (Lipinski definition) is 4. The van der Waals surface area contributed by atoms with Gasteiger partial charge in [0.1, 0.15) is 12.0 Å². The molecule has 1 aliphatic heterocycles. The first kappa shape index (κ1) is 5.34. The fourth-order valence-corrected chi connectivity index (χ4v) is 0.765. The van der Waals surface area contributed by atoms with E-state index in [1.807, 2.05) is 0 Å². The van der Waals surface area contributed by atoms with Crippen LogP contribution in [0.5, 0.6) is 5.75 Å². The molecular formula is C6H5N3O. The largest absolute Gasteiger partial charge is 0.467 e. The van der Waals surface area contributed by atoms with Crippen LogP contribution >= 0.6 is 0 Å². The summed E-state index contributed by atoms with van der Waals surface area (Å²) in [5.41, 5.74) is 0.751. The monoisotopic (exact) mass is 135 g/mol. The maximum atomic E-state index is 5.10. The van der Waals surface area contributed by atoms with E-state index in [0.29, 0.717) is 12.5 Å². The van der Waals surface area contributed by atoms with Crippen LogP contribution in [0.15, 0.2) is 17.5 Å². The van der Waals surface area contributed by atoms with Gasteiger partial charge in [-0.25, -0.2) is 9.97 Å². The Morgan fingerprint density at radius 3 is 3.40 bits per heavy atom. The van der Waals surface area contributed by atoms with Gasteiger partial charge in [0, 0.05) is 0 Å². The highest BCUT2D eigenvalue weighted by Crippen LogP contribution is 2.13. The van der Waals surface area contributed by atoms with Gasteiger partial charge in [0.05, 0.1) is 12.4 Å². The zero-order valence-electron chi connectivity index (χ0n) is 5.19. The first-order valence-corrected chi connectivity index (χ1v) is 2.89. The minimum atomic E-state index is 0.375.